The SMILES string of the molecule is COCCOCCCNC(=O)CC(NC(C)=O)c1cccs1. The minimum atomic E-state index is -0.268. The van der Waals surface area contributed by atoms with Crippen molar-refractivity contribution in [3.63, 3.8) is 0 Å². The van der Waals surface area contributed by atoms with E-state index in [1.54, 1.807) is 7.11 Å². The molecule has 124 valence electrons. The maximum absolute atomic E-state index is 11.9. The van der Waals surface area contributed by atoms with E-state index >= 15 is 0 Å². The van der Waals surface area contributed by atoms with Crippen LogP contribution in [-0.2, 0) is 19.1 Å². The van der Waals surface area contributed by atoms with Crippen LogP contribution in [0.1, 0.15) is 30.7 Å². The van der Waals surface area contributed by atoms with Crippen LogP contribution in [0, 0.1) is 0 Å². The largest absolute Gasteiger partial charge is 0.382 e. The number of methoxy groups -OCH3 is 1. The molecule has 6 nitrogen and oxygen atoms in total. The van der Waals surface area contributed by atoms with Crippen LogP contribution in [0.5, 0.6) is 0 Å². The first kappa shape index (κ1) is 18.6. The number of thiophene rings is 1. The molecule has 0 spiro atoms. The molecule has 0 bridgehead atoms. The molecule has 0 radical (unpaired) electrons. The second kappa shape index (κ2) is 11.2. The summed E-state index contributed by atoms with van der Waals surface area (Å²) in [6.07, 6.45) is 0.990. The summed E-state index contributed by atoms with van der Waals surface area (Å²) in [6.45, 7) is 3.74. The topological polar surface area (TPSA) is 76.7 Å². The fourth-order valence-electron chi connectivity index (χ4n) is 1.86. The molecule has 0 aromatic carbocycles. The summed E-state index contributed by atoms with van der Waals surface area (Å²) < 4.78 is 10.2. The number of hydrogen-bond donors (Lipinski definition) is 2. The van der Waals surface area contributed by atoms with Crippen LogP contribution < -0.4 is 10.6 Å². The Balaban J connectivity index is 2.24. The zero-order chi connectivity index (χ0) is 16.2. The fraction of sp³-hybridized carbons (Fsp3) is 0.600. The van der Waals surface area contributed by atoms with Gasteiger partial charge in [-0.25, -0.2) is 0 Å². The molecule has 0 fully saturated rings. The van der Waals surface area contributed by atoms with Crippen LogP contribution >= 0.6 is 11.3 Å². The number of carbonyl (C=O) groups is 2. The van der Waals surface area contributed by atoms with Gasteiger partial charge in [0.15, 0.2) is 0 Å². The van der Waals surface area contributed by atoms with Gasteiger partial charge in [-0.1, -0.05) is 6.07 Å². The molecule has 22 heavy (non-hydrogen) atoms. The van der Waals surface area contributed by atoms with E-state index in [-0.39, 0.29) is 24.3 Å². The van der Waals surface area contributed by atoms with Crippen molar-refractivity contribution in [2.75, 3.05) is 33.5 Å². The van der Waals surface area contributed by atoms with Crippen LogP contribution in [0.2, 0.25) is 0 Å². The Morgan fingerprint density at radius 1 is 1.32 bits per heavy atom. The summed E-state index contributed by atoms with van der Waals surface area (Å²) in [6, 6.07) is 3.56. The molecule has 1 aromatic rings. The number of amides is 2. The van der Waals surface area contributed by atoms with Crippen molar-refractivity contribution in [1.82, 2.24) is 10.6 Å². The van der Waals surface area contributed by atoms with Crippen molar-refractivity contribution in [1.29, 1.82) is 0 Å². The lowest BCUT2D eigenvalue weighted by Gasteiger charge is -2.16. The molecule has 1 aromatic heterocycles. The highest BCUT2D eigenvalue weighted by Gasteiger charge is 2.17. The predicted octanol–water partition coefficient (Wildman–Crippen LogP) is 1.48. The second-order valence-corrected chi connectivity index (χ2v) is 5.76. The van der Waals surface area contributed by atoms with Gasteiger partial charge in [0.1, 0.15) is 0 Å². The van der Waals surface area contributed by atoms with Crippen molar-refractivity contribution in [2.24, 2.45) is 0 Å². The molecule has 0 saturated heterocycles. The van der Waals surface area contributed by atoms with E-state index in [0.29, 0.717) is 26.4 Å². The minimum absolute atomic E-state index is 0.0796. The molecule has 0 aliphatic rings. The molecule has 1 unspecified atom stereocenters. The molecule has 0 aliphatic heterocycles. The summed E-state index contributed by atoms with van der Waals surface area (Å²) in [7, 11) is 1.63. The number of rotatable bonds is 11. The highest BCUT2D eigenvalue weighted by Crippen LogP contribution is 2.21. The quantitative estimate of drug-likeness (QED) is 0.603. The number of nitrogens with one attached hydrogen (secondary N) is 2. The normalized spacial score (nSPS) is 11.9. The lowest BCUT2D eigenvalue weighted by Crippen LogP contribution is -2.32. The van der Waals surface area contributed by atoms with Gasteiger partial charge < -0.3 is 20.1 Å². The lowest BCUT2D eigenvalue weighted by atomic mass is 10.1. The standard InChI is InChI=1S/C15H24N2O4S/c1-12(18)17-13(14-5-3-10-22-14)11-15(19)16-6-4-7-21-9-8-20-2/h3,5,10,13H,4,6-9,11H2,1-2H3,(H,16,19)(H,17,18). The average molecular weight is 328 g/mol. The third kappa shape index (κ3) is 8.11. The summed E-state index contributed by atoms with van der Waals surface area (Å²) in [5.41, 5.74) is 0. The Morgan fingerprint density at radius 3 is 2.77 bits per heavy atom. The van der Waals surface area contributed by atoms with E-state index in [9.17, 15) is 9.59 Å². The molecular weight excluding hydrogens is 304 g/mol. The van der Waals surface area contributed by atoms with Gasteiger partial charge in [-0.15, -0.1) is 11.3 Å². The maximum atomic E-state index is 11.9. The average Bonchev–Trinajstić information content (AvgIpc) is 2.99. The van der Waals surface area contributed by atoms with E-state index in [1.165, 1.54) is 18.3 Å². The summed E-state index contributed by atoms with van der Waals surface area (Å²) in [4.78, 5) is 24.2. The van der Waals surface area contributed by atoms with Crippen molar-refractivity contribution in [3.05, 3.63) is 22.4 Å². The van der Waals surface area contributed by atoms with Crippen molar-refractivity contribution < 1.29 is 19.1 Å². The van der Waals surface area contributed by atoms with Gasteiger partial charge in [0.25, 0.3) is 0 Å². The van der Waals surface area contributed by atoms with Gasteiger partial charge in [-0.05, 0) is 17.9 Å². The first-order chi connectivity index (χ1) is 10.6. The van der Waals surface area contributed by atoms with Gasteiger partial charge in [-0.3, -0.25) is 9.59 Å². The molecule has 2 amide bonds. The summed E-state index contributed by atoms with van der Waals surface area (Å²) in [5.74, 6) is -0.221. The highest BCUT2D eigenvalue weighted by molar-refractivity contribution is 7.10. The van der Waals surface area contributed by atoms with Gasteiger partial charge >= 0.3 is 0 Å². The van der Waals surface area contributed by atoms with E-state index in [2.05, 4.69) is 10.6 Å². The highest BCUT2D eigenvalue weighted by atomic mass is 32.1. The molecule has 0 saturated carbocycles. The molecule has 2 N–H and O–H groups in total. The van der Waals surface area contributed by atoms with E-state index in [1.807, 2.05) is 17.5 Å². The van der Waals surface area contributed by atoms with Gasteiger partial charge in [0.05, 0.1) is 25.7 Å². The first-order valence-electron chi connectivity index (χ1n) is 7.27. The fourth-order valence-corrected chi connectivity index (χ4v) is 2.64. The zero-order valence-electron chi connectivity index (χ0n) is 13.1. The van der Waals surface area contributed by atoms with Gasteiger partial charge in [-0.2, -0.15) is 0 Å². The summed E-state index contributed by atoms with van der Waals surface area (Å²) >= 11 is 1.53. The smallest absolute Gasteiger partial charge is 0.222 e. The Kier molecular flexibility index (Phi) is 9.45. The Bertz CT molecular complexity index is 437. The molecule has 0 aliphatic carbocycles. The number of ether oxygens (including phenoxy) is 2. The van der Waals surface area contributed by atoms with Crippen LogP contribution in [0.25, 0.3) is 0 Å². The third-order valence-electron chi connectivity index (χ3n) is 2.87. The van der Waals surface area contributed by atoms with Crippen LogP contribution in [0.15, 0.2) is 17.5 Å². The lowest BCUT2D eigenvalue weighted by molar-refractivity contribution is -0.122. The second-order valence-electron chi connectivity index (χ2n) is 4.78. The van der Waals surface area contributed by atoms with Crippen molar-refractivity contribution in [2.45, 2.75) is 25.8 Å². The minimum Gasteiger partial charge on any atom is -0.382 e. The van der Waals surface area contributed by atoms with Crippen molar-refractivity contribution >= 4 is 23.2 Å². The van der Waals surface area contributed by atoms with Crippen molar-refractivity contribution in [3.8, 4) is 0 Å². The van der Waals surface area contributed by atoms with E-state index in [4.69, 9.17) is 9.47 Å². The van der Waals surface area contributed by atoms with Crippen LogP contribution in [0.4, 0.5) is 0 Å². The van der Waals surface area contributed by atoms with Crippen LogP contribution in [0.3, 0.4) is 0 Å². The first-order valence-corrected chi connectivity index (χ1v) is 8.15. The molecule has 7 heteroatoms. The molecule has 1 atom stereocenters. The zero-order valence-corrected chi connectivity index (χ0v) is 13.9. The van der Waals surface area contributed by atoms with E-state index in [0.717, 1.165) is 11.3 Å². The molecule has 1 rings (SSSR count). The van der Waals surface area contributed by atoms with Gasteiger partial charge in [0.2, 0.25) is 11.8 Å². The predicted molar refractivity (Wildman–Crippen MR) is 85.8 cm³/mol. The third-order valence-corrected chi connectivity index (χ3v) is 3.86. The molecule has 1 heterocycles. The van der Waals surface area contributed by atoms with Gasteiger partial charge in [0, 0.05) is 32.1 Å². The Hall–Kier alpha value is -1.44. The Labute approximate surface area is 135 Å². The monoisotopic (exact) mass is 328 g/mol. The maximum Gasteiger partial charge on any atom is 0.222 e. The number of carbonyl (C=O) groups excluding carboxylic acids is 2. The summed E-state index contributed by atoms with van der Waals surface area (Å²) in [5, 5.41) is 7.58. The molecular formula is C15H24N2O4S. The Morgan fingerprint density at radius 2 is 2.14 bits per heavy atom. The number of hydrogen-bond acceptors (Lipinski definition) is 5. The van der Waals surface area contributed by atoms with E-state index < -0.39 is 0 Å². The van der Waals surface area contributed by atoms with Crippen LogP contribution in [-0.4, -0.2) is 45.3 Å².